The van der Waals surface area contributed by atoms with Crippen molar-refractivity contribution >= 4 is 50.7 Å². The van der Waals surface area contributed by atoms with Crippen molar-refractivity contribution in [3.05, 3.63) is 130 Å². The van der Waals surface area contributed by atoms with Crippen LogP contribution in [0, 0.1) is 12.7 Å². The number of sulfonamides is 1. The van der Waals surface area contributed by atoms with Gasteiger partial charge in [0.15, 0.2) is 0 Å². The Morgan fingerprint density at radius 1 is 0.860 bits per heavy atom. The van der Waals surface area contributed by atoms with E-state index in [0.29, 0.717) is 10.6 Å². The van der Waals surface area contributed by atoms with E-state index in [0.717, 1.165) is 27.6 Å². The minimum absolute atomic E-state index is 0.0432. The van der Waals surface area contributed by atoms with Crippen molar-refractivity contribution in [2.75, 3.05) is 17.9 Å². The summed E-state index contributed by atoms with van der Waals surface area (Å²) in [5, 5.41) is 3.21. The van der Waals surface area contributed by atoms with E-state index in [1.807, 2.05) is 37.3 Å². The monoisotopic (exact) mass is 641 g/mol. The summed E-state index contributed by atoms with van der Waals surface area (Å²) in [6.45, 7) is 1.10. The fourth-order valence-electron chi connectivity index (χ4n) is 4.53. The van der Waals surface area contributed by atoms with Gasteiger partial charge in [-0.2, -0.15) is 0 Å². The molecule has 0 saturated carbocycles. The molecule has 0 fully saturated rings. The predicted octanol–water partition coefficient (Wildman–Crippen LogP) is 6.02. The molecule has 11 heteroatoms. The lowest BCUT2D eigenvalue weighted by Crippen LogP contribution is -2.53. The summed E-state index contributed by atoms with van der Waals surface area (Å²) in [6.07, 6.45) is 0.162. The zero-order valence-electron chi connectivity index (χ0n) is 23.5. The molecule has 0 unspecified atom stereocenters. The molecule has 1 atom stereocenters. The van der Waals surface area contributed by atoms with Crippen LogP contribution in [0.1, 0.15) is 16.7 Å². The van der Waals surface area contributed by atoms with Gasteiger partial charge in [-0.1, -0.05) is 77.3 Å². The van der Waals surface area contributed by atoms with Gasteiger partial charge in [0.05, 0.1) is 20.6 Å². The number of nitrogens with one attached hydrogen (secondary N) is 1. The number of halogens is 3. The highest BCUT2D eigenvalue weighted by Gasteiger charge is 2.34. The van der Waals surface area contributed by atoms with Crippen LogP contribution in [0.25, 0.3) is 0 Å². The Morgan fingerprint density at radius 2 is 1.51 bits per heavy atom. The van der Waals surface area contributed by atoms with Crippen LogP contribution in [0.2, 0.25) is 10.0 Å². The summed E-state index contributed by atoms with van der Waals surface area (Å²) in [4.78, 5) is 28.8. The topological polar surface area (TPSA) is 86.8 Å². The Bertz CT molecular complexity index is 1690. The quantitative estimate of drug-likeness (QED) is 0.217. The summed E-state index contributed by atoms with van der Waals surface area (Å²) in [6, 6.07) is 24.0. The van der Waals surface area contributed by atoms with Gasteiger partial charge in [0.25, 0.3) is 10.0 Å². The van der Waals surface area contributed by atoms with Gasteiger partial charge >= 0.3 is 0 Å². The molecule has 0 radical (unpaired) electrons. The van der Waals surface area contributed by atoms with E-state index in [1.165, 1.54) is 36.2 Å². The lowest BCUT2D eigenvalue weighted by atomic mass is 10.0. The number of hydrogen-bond acceptors (Lipinski definition) is 4. The van der Waals surface area contributed by atoms with Gasteiger partial charge < -0.3 is 10.2 Å². The van der Waals surface area contributed by atoms with Crippen LogP contribution < -0.4 is 9.62 Å². The largest absolute Gasteiger partial charge is 0.357 e. The molecule has 0 bridgehead atoms. The fraction of sp³-hybridized carbons (Fsp3) is 0.188. The number of amides is 2. The van der Waals surface area contributed by atoms with E-state index in [1.54, 1.807) is 30.3 Å². The van der Waals surface area contributed by atoms with Gasteiger partial charge in [0, 0.05) is 20.0 Å². The van der Waals surface area contributed by atoms with Crippen LogP contribution in [0.3, 0.4) is 0 Å². The number of aryl methyl sites for hydroxylation is 1. The van der Waals surface area contributed by atoms with Crippen molar-refractivity contribution in [3.63, 3.8) is 0 Å². The molecule has 2 amide bonds. The Balaban J connectivity index is 1.79. The molecular formula is C32H30Cl2FN3O4S. The molecule has 0 aliphatic rings. The second-order valence-electron chi connectivity index (χ2n) is 9.89. The van der Waals surface area contributed by atoms with Crippen molar-refractivity contribution in [1.29, 1.82) is 0 Å². The van der Waals surface area contributed by atoms with E-state index in [9.17, 15) is 22.4 Å². The van der Waals surface area contributed by atoms with Crippen molar-refractivity contribution < 1.29 is 22.4 Å². The first-order valence-electron chi connectivity index (χ1n) is 13.3. The summed E-state index contributed by atoms with van der Waals surface area (Å²) in [5.41, 5.74) is 2.32. The van der Waals surface area contributed by atoms with Crippen LogP contribution in [0.5, 0.6) is 0 Å². The van der Waals surface area contributed by atoms with Gasteiger partial charge in [-0.15, -0.1) is 0 Å². The van der Waals surface area contributed by atoms with Gasteiger partial charge in [0.2, 0.25) is 11.8 Å². The van der Waals surface area contributed by atoms with E-state index < -0.39 is 40.2 Å². The Kier molecular flexibility index (Phi) is 10.4. The molecule has 7 nitrogen and oxygen atoms in total. The molecule has 43 heavy (non-hydrogen) atoms. The van der Waals surface area contributed by atoms with Gasteiger partial charge in [-0.25, -0.2) is 12.8 Å². The molecule has 224 valence electrons. The average molecular weight is 643 g/mol. The molecule has 1 N–H and O–H groups in total. The molecule has 4 aromatic rings. The maximum Gasteiger partial charge on any atom is 0.264 e. The third-order valence-electron chi connectivity index (χ3n) is 6.86. The van der Waals surface area contributed by atoms with Crippen LogP contribution in [0.15, 0.2) is 102 Å². The minimum atomic E-state index is -4.28. The summed E-state index contributed by atoms with van der Waals surface area (Å²) < 4.78 is 42.6. The zero-order valence-corrected chi connectivity index (χ0v) is 25.8. The second kappa shape index (κ2) is 14.0. The number of benzene rings is 4. The highest BCUT2D eigenvalue weighted by atomic mass is 35.5. The van der Waals surface area contributed by atoms with Crippen LogP contribution >= 0.6 is 23.2 Å². The predicted molar refractivity (Wildman–Crippen MR) is 167 cm³/mol. The van der Waals surface area contributed by atoms with Crippen molar-refractivity contribution in [1.82, 2.24) is 10.2 Å². The molecule has 4 rings (SSSR count). The molecule has 0 aromatic heterocycles. The second-order valence-corrected chi connectivity index (χ2v) is 12.6. The van der Waals surface area contributed by atoms with E-state index >= 15 is 0 Å². The van der Waals surface area contributed by atoms with Gasteiger partial charge in [-0.05, 0) is 66.6 Å². The minimum Gasteiger partial charge on any atom is -0.357 e. The highest BCUT2D eigenvalue weighted by Crippen LogP contribution is 2.27. The lowest BCUT2D eigenvalue weighted by molar-refractivity contribution is -0.139. The van der Waals surface area contributed by atoms with E-state index in [-0.39, 0.29) is 28.6 Å². The molecule has 0 aliphatic carbocycles. The first-order valence-corrected chi connectivity index (χ1v) is 15.5. The highest BCUT2D eigenvalue weighted by molar-refractivity contribution is 7.92. The standard InChI is InChI=1S/C32H30Cl2FN3O4S/c1-22-8-15-27(16-9-22)43(41,42)38(26-13-11-25(35)12-14-26)21-31(39)37(20-24-10-17-28(33)29(34)18-24)30(32(40)36-2)19-23-6-4-3-5-7-23/h3-18,30H,19-21H2,1-2H3,(H,36,40)/t30-/m0/s1. The van der Waals surface area contributed by atoms with Gasteiger partial charge in [0.1, 0.15) is 18.4 Å². The number of carbonyl (C=O) groups is 2. The number of hydrogen-bond donors (Lipinski definition) is 1. The Morgan fingerprint density at radius 3 is 2.12 bits per heavy atom. The van der Waals surface area contributed by atoms with Crippen molar-refractivity contribution in [2.24, 2.45) is 0 Å². The van der Waals surface area contributed by atoms with Crippen LogP contribution in [-0.2, 0) is 32.6 Å². The number of likely N-dealkylation sites (N-methyl/N-ethyl adjacent to an activating group) is 1. The first-order chi connectivity index (χ1) is 20.5. The molecule has 0 spiro atoms. The normalized spacial score (nSPS) is 11.9. The average Bonchev–Trinajstić information content (AvgIpc) is 3.00. The SMILES string of the molecule is CNC(=O)[C@H](Cc1ccccc1)N(Cc1ccc(Cl)c(Cl)c1)C(=O)CN(c1ccc(F)cc1)S(=O)(=O)c1ccc(C)cc1. The molecule has 4 aromatic carbocycles. The lowest BCUT2D eigenvalue weighted by Gasteiger charge is -2.33. The zero-order chi connectivity index (χ0) is 31.1. The van der Waals surface area contributed by atoms with Gasteiger partial charge in [-0.3, -0.25) is 13.9 Å². The van der Waals surface area contributed by atoms with E-state index in [4.69, 9.17) is 23.2 Å². The first kappa shape index (κ1) is 32.0. The molecular weight excluding hydrogens is 612 g/mol. The van der Waals surface area contributed by atoms with Crippen LogP contribution in [-0.4, -0.2) is 44.8 Å². The Labute approximate surface area is 260 Å². The number of nitrogens with zero attached hydrogens (tertiary/aromatic N) is 2. The third kappa shape index (κ3) is 7.93. The summed E-state index contributed by atoms with van der Waals surface area (Å²) in [7, 11) is -2.82. The Hall–Kier alpha value is -3.92. The third-order valence-corrected chi connectivity index (χ3v) is 9.38. The number of rotatable bonds is 11. The van der Waals surface area contributed by atoms with Crippen molar-refractivity contribution in [2.45, 2.75) is 30.8 Å². The summed E-state index contributed by atoms with van der Waals surface area (Å²) >= 11 is 12.4. The number of carbonyl (C=O) groups excluding carboxylic acids is 2. The smallest absolute Gasteiger partial charge is 0.264 e. The summed E-state index contributed by atoms with van der Waals surface area (Å²) in [5.74, 6) is -1.66. The molecule has 0 heterocycles. The molecule has 0 aliphatic heterocycles. The van der Waals surface area contributed by atoms with Crippen LogP contribution in [0.4, 0.5) is 10.1 Å². The van der Waals surface area contributed by atoms with Crippen molar-refractivity contribution in [3.8, 4) is 0 Å². The maximum absolute atomic E-state index is 14.2. The maximum atomic E-state index is 14.2. The number of anilines is 1. The molecule has 0 saturated heterocycles. The fourth-order valence-corrected chi connectivity index (χ4v) is 6.26. The van der Waals surface area contributed by atoms with E-state index in [2.05, 4.69) is 5.32 Å².